The molecule has 0 aromatic heterocycles. The topological polar surface area (TPSA) is 70.6 Å². The molecule has 110 valence electrons. The highest BCUT2D eigenvalue weighted by molar-refractivity contribution is 5.80. The first-order valence-electron chi connectivity index (χ1n) is 7.52. The van der Waals surface area contributed by atoms with E-state index in [1.54, 1.807) is 0 Å². The van der Waals surface area contributed by atoms with Crippen LogP contribution in [-0.4, -0.2) is 49.0 Å². The van der Waals surface area contributed by atoms with Gasteiger partial charge < -0.3 is 20.5 Å². The highest BCUT2D eigenvalue weighted by Crippen LogP contribution is 2.20. The number of hydrogen-bond donors (Lipinski definition) is 3. The molecule has 5 nitrogen and oxygen atoms in total. The van der Waals surface area contributed by atoms with Crippen molar-refractivity contribution in [2.24, 2.45) is 5.92 Å². The molecule has 1 heterocycles. The molecule has 0 radical (unpaired) electrons. The molecule has 1 saturated heterocycles. The van der Waals surface area contributed by atoms with Crippen molar-refractivity contribution >= 4 is 5.91 Å². The minimum Gasteiger partial charge on any atom is -0.391 e. The second-order valence-electron chi connectivity index (χ2n) is 5.67. The smallest absolute Gasteiger partial charge is 0.227 e. The van der Waals surface area contributed by atoms with Crippen LogP contribution in [0, 0.1) is 5.92 Å². The molecule has 0 aromatic carbocycles. The number of aliphatic hydroxyl groups is 1. The summed E-state index contributed by atoms with van der Waals surface area (Å²) in [6.45, 7) is 4.10. The molecule has 2 rings (SSSR count). The van der Waals surface area contributed by atoms with E-state index in [1.807, 2.05) is 0 Å². The molecule has 5 heteroatoms. The molecule has 1 saturated carbocycles. The summed E-state index contributed by atoms with van der Waals surface area (Å²) >= 11 is 0. The summed E-state index contributed by atoms with van der Waals surface area (Å²) in [4.78, 5) is 12.3. The maximum Gasteiger partial charge on any atom is 0.227 e. The van der Waals surface area contributed by atoms with E-state index in [1.165, 1.54) is 0 Å². The van der Waals surface area contributed by atoms with E-state index in [9.17, 15) is 9.90 Å². The van der Waals surface area contributed by atoms with Gasteiger partial charge in [0.25, 0.3) is 0 Å². The van der Waals surface area contributed by atoms with Crippen LogP contribution in [0.5, 0.6) is 0 Å². The minimum absolute atomic E-state index is 0.0250. The molecular weight excluding hydrogens is 244 g/mol. The Labute approximate surface area is 115 Å². The maximum absolute atomic E-state index is 12.3. The SMILES string of the molecule is CCCNC1COCC1C(=O)NC1CCCCC1O. The van der Waals surface area contributed by atoms with Crippen LogP contribution in [0.4, 0.5) is 0 Å². The Hall–Kier alpha value is -0.650. The van der Waals surface area contributed by atoms with Gasteiger partial charge in [-0.05, 0) is 25.8 Å². The van der Waals surface area contributed by atoms with E-state index in [-0.39, 0.29) is 30.0 Å². The van der Waals surface area contributed by atoms with Crippen LogP contribution in [0.25, 0.3) is 0 Å². The Kier molecular flexibility index (Phi) is 5.60. The van der Waals surface area contributed by atoms with Crippen LogP contribution < -0.4 is 10.6 Å². The van der Waals surface area contributed by atoms with Gasteiger partial charge in [0, 0.05) is 6.04 Å². The molecule has 1 amide bonds. The van der Waals surface area contributed by atoms with Gasteiger partial charge in [0.05, 0.1) is 31.3 Å². The second kappa shape index (κ2) is 7.22. The first-order chi connectivity index (χ1) is 9.22. The van der Waals surface area contributed by atoms with Crippen molar-refractivity contribution in [1.29, 1.82) is 0 Å². The molecule has 19 heavy (non-hydrogen) atoms. The Morgan fingerprint density at radius 2 is 2.05 bits per heavy atom. The molecule has 0 aromatic rings. The van der Waals surface area contributed by atoms with E-state index in [0.29, 0.717) is 13.2 Å². The normalized spacial score (nSPS) is 35.3. The number of carbonyl (C=O) groups excluding carboxylic acids is 1. The van der Waals surface area contributed by atoms with Crippen LogP contribution in [0.3, 0.4) is 0 Å². The van der Waals surface area contributed by atoms with Crippen LogP contribution in [0.1, 0.15) is 39.0 Å². The van der Waals surface area contributed by atoms with Crippen LogP contribution in [0.2, 0.25) is 0 Å². The van der Waals surface area contributed by atoms with Gasteiger partial charge >= 0.3 is 0 Å². The third-order valence-corrected chi connectivity index (χ3v) is 4.13. The fourth-order valence-corrected chi connectivity index (χ4v) is 2.91. The summed E-state index contributed by atoms with van der Waals surface area (Å²) in [5.41, 5.74) is 0. The van der Waals surface area contributed by atoms with Crippen molar-refractivity contribution in [3.05, 3.63) is 0 Å². The molecule has 0 bridgehead atoms. The third kappa shape index (κ3) is 3.91. The summed E-state index contributed by atoms with van der Waals surface area (Å²) in [5, 5.41) is 16.3. The number of aliphatic hydroxyl groups excluding tert-OH is 1. The summed E-state index contributed by atoms with van der Waals surface area (Å²) in [6, 6.07) is 0.0364. The summed E-state index contributed by atoms with van der Waals surface area (Å²) in [6.07, 6.45) is 4.48. The van der Waals surface area contributed by atoms with Gasteiger partial charge in [-0.1, -0.05) is 19.8 Å². The highest BCUT2D eigenvalue weighted by Gasteiger charge is 2.35. The first kappa shape index (κ1) is 14.8. The fraction of sp³-hybridized carbons (Fsp3) is 0.929. The Morgan fingerprint density at radius 3 is 2.79 bits per heavy atom. The van der Waals surface area contributed by atoms with Crippen LogP contribution >= 0.6 is 0 Å². The van der Waals surface area contributed by atoms with Crippen LogP contribution in [0.15, 0.2) is 0 Å². The molecule has 2 fully saturated rings. The zero-order chi connectivity index (χ0) is 13.7. The fourth-order valence-electron chi connectivity index (χ4n) is 2.91. The average Bonchev–Trinajstić information content (AvgIpc) is 2.87. The first-order valence-corrected chi connectivity index (χ1v) is 7.52. The monoisotopic (exact) mass is 270 g/mol. The lowest BCUT2D eigenvalue weighted by atomic mass is 9.91. The highest BCUT2D eigenvalue weighted by atomic mass is 16.5. The summed E-state index contributed by atoms with van der Waals surface area (Å²) in [5.74, 6) is -0.0993. The standard InChI is InChI=1S/C14H26N2O3/c1-2-7-15-12-9-19-8-10(12)14(18)16-11-5-3-4-6-13(11)17/h10-13,15,17H,2-9H2,1H3,(H,16,18). The van der Waals surface area contributed by atoms with Crippen molar-refractivity contribution in [1.82, 2.24) is 10.6 Å². The predicted octanol–water partition coefficient (Wildman–Crippen LogP) is 0.421. The van der Waals surface area contributed by atoms with Crippen molar-refractivity contribution < 1.29 is 14.6 Å². The third-order valence-electron chi connectivity index (χ3n) is 4.13. The predicted molar refractivity (Wildman–Crippen MR) is 72.8 cm³/mol. The van der Waals surface area contributed by atoms with Gasteiger partial charge in [-0.2, -0.15) is 0 Å². The Balaban J connectivity index is 1.84. The quantitative estimate of drug-likeness (QED) is 0.677. The molecule has 1 aliphatic heterocycles. The van der Waals surface area contributed by atoms with Crippen molar-refractivity contribution in [3.8, 4) is 0 Å². The second-order valence-corrected chi connectivity index (χ2v) is 5.67. The lowest BCUT2D eigenvalue weighted by Crippen LogP contribution is -2.51. The molecule has 4 unspecified atom stereocenters. The van der Waals surface area contributed by atoms with Crippen molar-refractivity contribution in [3.63, 3.8) is 0 Å². The summed E-state index contributed by atoms with van der Waals surface area (Å²) in [7, 11) is 0. The van der Waals surface area contributed by atoms with E-state index in [0.717, 1.165) is 38.6 Å². The number of amides is 1. The Morgan fingerprint density at radius 1 is 1.26 bits per heavy atom. The largest absolute Gasteiger partial charge is 0.391 e. The van der Waals surface area contributed by atoms with Gasteiger partial charge in [0.2, 0.25) is 5.91 Å². The molecule has 3 N–H and O–H groups in total. The number of nitrogens with one attached hydrogen (secondary N) is 2. The lowest BCUT2D eigenvalue weighted by molar-refractivity contribution is -0.127. The average molecular weight is 270 g/mol. The summed E-state index contributed by atoms with van der Waals surface area (Å²) < 4.78 is 5.42. The molecule has 4 atom stereocenters. The minimum atomic E-state index is -0.387. The van der Waals surface area contributed by atoms with Gasteiger partial charge in [0.1, 0.15) is 0 Å². The van der Waals surface area contributed by atoms with Gasteiger partial charge in [0.15, 0.2) is 0 Å². The zero-order valence-electron chi connectivity index (χ0n) is 11.7. The van der Waals surface area contributed by atoms with Gasteiger partial charge in [-0.25, -0.2) is 0 Å². The lowest BCUT2D eigenvalue weighted by Gasteiger charge is -2.30. The maximum atomic E-state index is 12.3. The Bertz CT molecular complexity index is 298. The number of carbonyl (C=O) groups is 1. The molecule has 2 aliphatic rings. The van der Waals surface area contributed by atoms with Crippen LogP contribution in [-0.2, 0) is 9.53 Å². The van der Waals surface area contributed by atoms with E-state index in [2.05, 4.69) is 17.6 Å². The van der Waals surface area contributed by atoms with E-state index < -0.39 is 0 Å². The van der Waals surface area contributed by atoms with Gasteiger partial charge in [-0.15, -0.1) is 0 Å². The van der Waals surface area contributed by atoms with E-state index in [4.69, 9.17) is 4.74 Å². The number of rotatable bonds is 5. The molecule has 1 aliphatic carbocycles. The number of hydrogen-bond acceptors (Lipinski definition) is 4. The zero-order valence-corrected chi connectivity index (χ0v) is 11.7. The van der Waals surface area contributed by atoms with E-state index >= 15 is 0 Å². The van der Waals surface area contributed by atoms with Crippen molar-refractivity contribution in [2.75, 3.05) is 19.8 Å². The number of ether oxygens (including phenoxy) is 1. The van der Waals surface area contributed by atoms with Gasteiger partial charge in [-0.3, -0.25) is 4.79 Å². The van der Waals surface area contributed by atoms with Crippen molar-refractivity contribution in [2.45, 2.75) is 57.2 Å². The molecular formula is C14H26N2O3. The molecule has 0 spiro atoms.